The average Bonchev–Trinajstić information content (AvgIpc) is 1.82. The molecule has 0 heterocycles. The van der Waals surface area contributed by atoms with Crippen molar-refractivity contribution in [3.05, 3.63) is 0 Å². The molecule has 1 aliphatic rings. The van der Waals surface area contributed by atoms with E-state index in [1.165, 1.54) is 19.3 Å². The predicted molar refractivity (Wildman–Crippen MR) is 48.5 cm³/mol. The van der Waals surface area contributed by atoms with Gasteiger partial charge in [-0.1, -0.05) is 0 Å². The van der Waals surface area contributed by atoms with Crippen LogP contribution in [-0.2, 0) is 0 Å². The second-order valence-electron chi connectivity index (χ2n) is 2.79. The van der Waals surface area contributed by atoms with Crippen LogP contribution < -0.4 is 0 Å². The summed E-state index contributed by atoms with van der Waals surface area (Å²) in [6.45, 7) is 0. The Morgan fingerprint density at radius 1 is 1.11 bits per heavy atom. The van der Waals surface area contributed by atoms with Crippen molar-refractivity contribution in [2.45, 2.75) is 19.3 Å². The molecule has 0 N–H and O–H groups in total. The molecule has 54 valence electrons. The zero-order chi connectivity index (χ0) is 6.69. The van der Waals surface area contributed by atoms with Crippen LogP contribution in [0.2, 0.25) is 0 Å². The fourth-order valence-electron chi connectivity index (χ4n) is 1.42. The third kappa shape index (κ3) is 1.81. The van der Waals surface area contributed by atoms with E-state index in [1.54, 1.807) is 0 Å². The molecule has 9 heavy (non-hydrogen) atoms. The molecule has 0 aromatic carbocycles. The van der Waals surface area contributed by atoms with Crippen molar-refractivity contribution in [3.63, 3.8) is 0 Å². The molecule has 0 amide bonds. The lowest BCUT2D eigenvalue weighted by Gasteiger charge is -2.35. The number of thiol groups is 2. The van der Waals surface area contributed by atoms with Crippen molar-refractivity contribution in [3.8, 4) is 0 Å². The lowest BCUT2D eigenvalue weighted by molar-refractivity contribution is 0.197. The highest BCUT2D eigenvalue weighted by Gasteiger charge is 2.28. The van der Waals surface area contributed by atoms with Gasteiger partial charge in [0.1, 0.15) is 0 Å². The summed E-state index contributed by atoms with van der Waals surface area (Å²) in [5.41, 5.74) is 0. The second-order valence-corrected chi connectivity index (χ2v) is 3.60. The predicted octanol–water partition coefficient (Wildman–Crippen LogP) is 2.26. The van der Waals surface area contributed by atoms with E-state index in [2.05, 4.69) is 25.3 Å². The van der Waals surface area contributed by atoms with Gasteiger partial charge >= 0.3 is 0 Å². The minimum Gasteiger partial charge on any atom is -0.179 e. The van der Waals surface area contributed by atoms with Crippen molar-refractivity contribution in [2.75, 3.05) is 11.5 Å². The van der Waals surface area contributed by atoms with Crippen molar-refractivity contribution < 1.29 is 0 Å². The van der Waals surface area contributed by atoms with Crippen molar-refractivity contribution in [1.29, 1.82) is 0 Å². The third-order valence-electron chi connectivity index (χ3n) is 2.31. The molecule has 0 spiro atoms. The lowest BCUT2D eigenvalue weighted by Crippen LogP contribution is -2.27. The summed E-state index contributed by atoms with van der Waals surface area (Å²) < 4.78 is 0. The van der Waals surface area contributed by atoms with Crippen molar-refractivity contribution in [2.24, 2.45) is 11.8 Å². The average molecular weight is 162 g/mol. The molecular weight excluding hydrogens is 148 g/mol. The van der Waals surface area contributed by atoms with E-state index < -0.39 is 0 Å². The Hall–Kier alpha value is 0.700. The van der Waals surface area contributed by atoms with Gasteiger partial charge in [-0.25, -0.2) is 0 Å². The molecule has 0 aromatic rings. The Balaban J connectivity index is 2.11. The second kappa shape index (κ2) is 3.77. The van der Waals surface area contributed by atoms with Crippen LogP contribution >= 0.6 is 25.3 Å². The van der Waals surface area contributed by atoms with Gasteiger partial charge in [0, 0.05) is 0 Å². The van der Waals surface area contributed by atoms with Gasteiger partial charge in [-0.2, -0.15) is 25.3 Å². The van der Waals surface area contributed by atoms with Gasteiger partial charge in [0.25, 0.3) is 0 Å². The SMILES string of the molecule is SCCC1CCC1CS. The van der Waals surface area contributed by atoms with Gasteiger partial charge in [-0.15, -0.1) is 0 Å². The fourth-order valence-corrected chi connectivity index (χ4v) is 2.24. The Morgan fingerprint density at radius 2 is 1.78 bits per heavy atom. The van der Waals surface area contributed by atoms with Crippen LogP contribution in [0.4, 0.5) is 0 Å². The molecule has 0 saturated heterocycles. The van der Waals surface area contributed by atoms with Gasteiger partial charge in [-0.05, 0) is 42.6 Å². The molecule has 0 bridgehead atoms. The minimum absolute atomic E-state index is 0.917. The molecule has 1 aliphatic carbocycles. The standard InChI is InChI=1S/C7H14S2/c8-4-3-6-1-2-7(6)5-9/h6-9H,1-5H2. The molecule has 1 rings (SSSR count). The van der Waals surface area contributed by atoms with E-state index in [4.69, 9.17) is 0 Å². The van der Waals surface area contributed by atoms with Crippen LogP contribution in [0.25, 0.3) is 0 Å². The molecule has 2 unspecified atom stereocenters. The van der Waals surface area contributed by atoms with Gasteiger partial charge in [0.05, 0.1) is 0 Å². The molecule has 0 radical (unpaired) electrons. The van der Waals surface area contributed by atoms with Crippen molar-refractivity contribution in [1.82, 2.24) is 0 Å². The summed E-state index contributed by atoms with van der Waals surface area (Å²) in [5.74, 6) is 4.01. The Bertz CT molecular complexity index is 81.0. The van der Waals surface area contributed by atoms with Crippen LogP contribution in [-0.4, -0.2) is 11.5 Å². The summed E-state index contributed by atoms with van der Waals surface area (Å²) in [7, 11) is 0. The van der Waals surface area contributed by atoms with Crippen LogP contribution in [0.3, 0.4) is 0 Å². The molecule has 0 aromatic heterocycles. The molecule has 0 aliphatic heterocycles. The molecule has 2 heteroatoms. The highest BCUT2D eigenvalue weighted by atomic mass is 32.1. The first kappa shape index (κ1) is 7.80. The van der Waals surface area contributed by atoms with Crippen LogP contribution in [0.5, 0.6) is 0 Å². The number of rotatable bonds is 3. The minimum atomic E-state index is 0.917. The van der Waals surface area contributed by atoms with E-state index in [0.29, 0.717) is 0 Å². The maximum atomic E-state index is 4.27. The number of hydrogen-bond acceptors (Lipinski definition) is 2. The van der Waals surface area contributed by atoms with Gasteiger partial charge in [0.15, 0.2) is 0 Å². The number of hydrogen-bond donors (Lipinski definition) is 2. The van der Waals surface area contributed by atoms with Crippen LogP contribution in [0, 0.1) is 11.8 Å². The molecule has 0 nitrogen and oxygen atoms in total. The molecule has 1 fully saturated rings. The van der Waals surface area contributed by atoms with E-state index in [-0.39, 0.29) is 0 Å². The Labute approximate surface area is 68.2 Å². The molecule has 1 saturated carbocycles. The zero-order valence-corrected chi connectivity index (χ0v) is 7.37. The first-order valence-electron chi connectivity index (χ1n) is 3.60. The summed E-state index contributed by atoms with van der Waals surface area (Å²) >= 11 is 8.48. The Morgan fingerprint density at radius 3 is 2.11 bits per heavy atom. The Kier molecular flexibility index (Phi) is 3.27. The first-order valence-corrected chi connectivity index (χ1v) is 4.86. The van der Waals surface area contributed by atoms with Crippen molar-refractivity contribution >= 4 is 25.3 Å². The molecular formula is C7H14S2. The zero-order valence-electron chi connectivity index (χ0n) is 5.58. The topological polar surface area (TPSA) is 0 Å². The van der Waals surface area contributed by atoms with Gasteiger partial charge in [0.2, 0.25) is 0 Å². The normalized spacial score (nSPS) is 34.0. The highest BCUT2D eigenvalue weighted by molar-refractivity contribution is 7.80. The fraction of sp³-hybridized carbons (Fsp3) is 1.00. The van der Waals surface area contributed by atoms with E-state index in [0.717, 1.165) is 23.3 Å². The monoisotopic (exact) mass is 162 g/mol. The van der Waals surface area contributed by atoms with Crippen LogP contribution in [0.1, 0.15) is 19.3 Å². The van der Waals surface area contributed by atoms with E-state index >= 15 is 0 Å². The maximum absolute atomic E-state index is 4.27. The quantitative estimate of drug-likeness (QED) is 0.584. The van der Waals surface area contributed by atoms with Crippen LogP contribution in [0.15, 0.2) is 0 Å². The lowest BCUT2D eigenvalue weighted by atomic mass is 9.73. The summed E-state index contributed by atoms with van der Waals surface area (Å²) in [6, 6.07) is 0. The van der Waals surface area contributed by atoms with E-state index in [1.807, 2.05) is 0 Å². The first-order chi connectivity index (χ1) is 4.38. The van der Waals surface area contributed by atoms with E-state index in [9.17, 15) is 0 Å². The van der Waals surface area contributed by atoms with Gasteiger partial charge < -0.3 is 0 Å². The summed E-state index contributed by atoms with van der Waals surface area (Å²) in [4.78, 5) is 0. The summed E-state index contributed by atoms with van der Waals surface area (Å²) in [5, 5.41) is 0. The highest BCUT2D eigenvalue weighted by Crippen LogP contribution is 2.37. The smallest absolute Gasteiger partial charge is 0.00668 e. The molecule has 2 atom stereocenters. The largest absolute Gasteiger partial charge is 0.179 e. The summed E-state index contributed by atoms with van der Waals surface area (Å²) in [6.07, 6.45) is 4.13. The third-order valence-corrected chi connectivity index (χ3v) is 3.04. The van der Waals surface area contributed by atoms with Gasteiger partial charge in [-0.3, -0.25) is 0 Å². The maximum Gasteiger partial charge on any atom is -0.00668 e.